The summed E-state index contributed by atoms with van der Waals surface area (Å²) in [5.74, 6) is 0.944. The smallest absolute Gasteiger partial charge is 0.389 e. The Bertz CT molecular complexity index is 377. The van der Waals surface area contributed by atoms with Crippen LogP contribution in [0.4, 0.5) is 13.2 Å². The minimum Gasteiger partial charge on any atom is -0.478 e. The minimum atomic E-state index is -4.12. The maximum absolute atomic E-state index is 11.9. The summed E-state index contributed by atoms with van der Waals surface area (Å²) in [6.07, 6.45) is -3.33. The van der Waals surface area contributed by atoms with E-state index in [9.17, 15) is 13.2 Å². The van der Waals surface area contributed by atoms with Gasteiger partial charge in [-0.3, -0.25) is 0 Å². The van der Waals surface area contributed by atoms with Gasteiger partial charge in [-0.2, -0.15) is 13.2 Å². The standard InChI is InChI=1S/C14H21F3N2O/c1-11(2)8-18-9-12-4-5-13(19-10-12)20-7-3-6-14(15,16)17/h4-5,10-11,18H,3,6-9H2,1-2H3. The number of rotatable bonds is 8. The number of hydrogen-bond acceptors (Lipinski definition) is 3. The van der Waals surface area contributed by atoms with Crippen LogP contribution < -0.4 is 10.1 Å². The summed E-state index contributed by atoms with van der Waals surface area (Å²) in [7, 11) is 0. The monoisotopic (exact) mass is 290 g/mol. The quantitative estimate of drug-likeness (QED) is 0.743. The van der Waals surface area contributed by atoms with Crippen molar-refractivity contribution in [2.24, 2.45) is 5.92 Å². The number of pyridine rings is 1. The van der Waals surface area contributed by atoms with E-state index in [-0.39, 0.29) is 13.0 Å². The van der Waals surface area contributed by atoms with Crippen LogP contribution in [0.2, 0.25) is 0 Å². The Hall–Kier alpha value is -1.30. The largest absolute Gasteiger partial charge is 0.478 e. The number of nitrogens with one attached hydrogen (secondary N) is 1. The minimum absolute atomic E-state index is 0.0253. The topological polar surface area (TPSA) is 34.1 Å². The zero-order chi connectivity index (χ0) is 15.0. The van der Waals surface area contributed by atoms with Crippen LogP contribution in [0, 0.1) is 5.92 Å². The second kappa shape index (κ2) is 8.09. The third kappa shape index (κ3) is 7.99. The van der Waals surface area contributed by atoms with E-state index in [1.165, 1.54) is 0 Å². The fraction of sp³-hybridized carbons (Fsp3) is 0.643. The van der Waals surface area contributed by atoms with Gasteiger partial charge in [0, 0.05) is 25.2 Å². The zero-order valence-corrected chi connectivity index (χ0v) is 11.8. The summed E-state index contributed by atoms with van der Waals surface area (Å²) in [4.78, 5) is 4.07. The van der Waals surface area contributed by atoms with E-state index >= 15 is 0 Å². The van der Waals surface area contributed by atoms with Crippen LogP contribution in [-0.4, -0.2) is 24.3 Å². The Labute approximate surface area is 117 Å². The van der Waals surface area contributed by atoms with E-state index in [1.807, 2.05) is 6.07 Å². The van der Waals surface area contributed by atoms with Crippen LogP contribution in [0.5, 0.6) is 5.88 Å². The molecule has 0 saturated carbocycles. The number of hydrogen-bond donors (Lipinski definition) is 1. The molecule has 1 rings (SSSR count). The Morgan fingerprint density at radius 3 is 2.60 bits per heavy atom. The van der Waals surface area contributed by atoms with E-state index in [0.29, 0.717) is 11.8 Å². The van der Waals surface area contributed by atoms with Crippen molar-refractivity contribution in [2.45, 2.75) is 39.4 Å². The third-order valence-electron chi connectivity index (χ3n) is 2.53. The van der Waals surface area contributed by atoms with E-state index < -0.39 is 12.6 Å². The molecule has 1 aromatic heterocycles. The number of alkyl halides is 3. The highest BCUT2D eigenvalue weighted by Crippen LogP contribution is 2.21. The molecule has 1 heterocycles. The Morgan fingerprint density at radius 1 is 1.30 bits per heavy atom. The molecule has 0 bridgehead atoms. The van der Waals surface area contributed by atoms with Gasteiger partial charge in [0.05, 0.1) is 6.61 Å². The number of halogens is 3. The van der Waals surface area contributed by atoms with E-state index in [0.717, 1.165) is 18.7 Å². The molecule has 1 N–H and O–H groups in total. The van der Waals surface area contributed by atoms with Crippen LogP contribution in [0.25, 0.3) is 0 Å². The lowest BCUT2D eigenvalue weighted by Crippen LogP contribution is -2.19. The molecule has 3 nitrogen and oxygen atoms in total. The average Bonchev–Trinajstić information content (AvgIpc) is 2.35. The van der Waals surface area contributed by atoms with Crippen molar-refractivity contribution >= 4 is 0 Å². The highest BCUT2D eigenvalue weighted by Gasteiger charge is 2.26. The predicted octanol–water partition coefficient (Wildman–Crippen LogP) is 3.55. The molecule has 0 spiro atoms. The molecule has 0 fully saturated rings. The normalized spacial score (nSPS) is 11.9. The Morgan fingerprint density at radius 2 is 2.05 bits per heavy atom. The summed E-state index contributed by atoms with van der Waals surface area (Å²) in [5, 5.41) is 3.28. The summed E-state index contributed by atoms with van der Waals surface area (Å²) < 4.78 is 41.0. The van der Waals surface area contributed by atoms with Gasteiger partial charge in [0.15, 0.2) is 0 Å². The van der Waals surface area contributed by atoms with E-state index in [1.54, 1.807) is 12.3 Å². The second-order valence-electron chi connectivity index (χ2n) is 5.10. The number of ether oxygens (including phenoxy) is 1. The predicted molar refractivity (Wildman–Crippen MR) is 71.6 cm³/mol. The van der Waals surface area contributed by atoms with Gasteiger partial charge in [0.2, 0.25) is 5.88 Å². The first-order valence-electron chi connectivity index (χ1n) is 6.72. The first-order valence-corrected chi connectivity index (χ1v) is 6.72. The van der Waals surface area contributed by atoms with Crippen molar-refractivity contribution in [3.63, 3.8) is 0 Å². The second-order valence-corrected chi connectivity index (χ2v) is 5.10. The molecule has 0 aliphatic heterocycles. The van der Waals surface area contributed by atoms with Gasteiger partial charge >= 0.3 is 6.18 Å². The van der Waals surface area contributed by atoms with Crippen molar-refractivity contribution in [3.8, 4) is 5.88 Å². The highest BCUT2D eigenvalue weighted by molar-refractivity contribution is 5.17. The molecule has 0 amide bonds. The molecule has 0 aliphatic rings. The molecular formula is C14H21F3N2O. The van der Waals surface area contributed by atoms with Gasteiger partial charge in [0.1, 0.15) is 0 Å². The SMILES string of the molecule is CC(C)CNCc1ccc(OCCCC(F)(F)F)nc1. The first-order chi connectivity index (χ1) is 9.37. The van der Waals surface area contributed by atoms with Crippen molar-refractivity contribution in [3.05, 3.63) is 23.9 Å². The number of nitrogens with zero attached hydrogens (tertiary/aromatic N) is 1. The molecule has 0 atom stereocenters. The van der Waals surface area contributed by atoms with E-state index in [4.69, 9.17) is 4.74 Å². The lowest BCUT2D eigenvalue weighted by molar-refractivity contribution is -0.136. The Balaban J connectivity index is 2.25. The van der Waals surface area contributed by atoms with Gasteiger partial charge in [-0.05, 0) is 24.4 Å². The molecule has 0 saturated heterocycles. The van der Waals surface area contributed by atoms with Crippen molar-refractivity contribution < 1.29 is 17.9 Å². The molecule has 0 radical (unpaired) electrons. The molecule has 1 aromatic rings. The van der Waals surface area contributed by atoms with Crippen molar-refractivity contribution in [1.82, 2.24) is 10.3 Å². The maximum atomic E-state index is 11.9. The van der Waals surface area contributed by atoms with Crippen LogP contribution in [0.15, 0.2) is 18.3 Å². The molecule has 6 heteroatoms. The van der Waals surface area contributed by atoms with Crippen LogP contribution in [-0.2, 0) is 6.54 Å². The fourth-order valence-corrected chi connectivity index (χ4v) is 1.56. The van der Waals surface area contributed by atoms with Crippen LogP contribution in [0.3, 0.4) is 0 Å². The van der Waals surface area contributed by atoms with Gasteiger partial charge < -0.3 is 10.1 Å². The van der Waals surface area contributed by atoms with Gasteiger partial charge in [0.25, 0.3) is 0 Å². The van der Waals surface area contributed by atoms with Gasteiger partial charge in [-0.15, -0.1) is 0 Å². The zero-order valence-electron chi connectivity index (χ0n) is 11.8. The molecule has 0 aromatic carbocycles. The number of aromatic nitrogens is 1. The van der Waals surface area contributed by atoms with Crippen LogP contribution in [0.1, 0.15) is 32.3 Å². The van der Waals surface area contributed by atoms with Crippen molar-refractivity contribution in [1.29, 1.82) is 0 Å². The fourth-order valence-electron chi connectivity index (χ4n) is 1.56. The summed E-state index contributed by atoms with van der Waals surface area (Å²) in [6, 6.07) is 3.54. The van der Waals surface area contributed by atoms with E-state index in [2.05, 4.69) is 24.1 Å². The molecule has 0 aliphatic carbocycles. The molecule has 0 unspecified atom stereocenters. The average molecular weight is 290 g/mol. The molecular weight excluding hydrogens is 269 g/mol. The Kier molecular flexibility index (Phi) is 6.78. The highest BCUT2D eigenvalue weighted by atomic mass is 19.4. The molecule has 20 heavy (non-hydrogen) atoms. The van der Waals surface area contributed by atoms with Gasteiger partial charge in [-0.1, -0.05) is 19.9 Å². The maximum Gasteiger partial charge on any atom is 0.389 e. The summed E-state index contributed by atoms with van der Waals surface area (Å²) in [6.45, 7) is 5.93. The molecule has 114 valence electrons. The first kappa shape index (κ1) is 16.8. The van der Waals surface area contributed by atoms with Crippen molar-refractivity contribution in [2.75, 3.05) is 13.2 Å². The summed E-state index contributed by atoms with van der Waals surface area (Å²) in [5.41, 5.74) is 1.02. The lowest BCUT2D eigenvalue weighted by atomic mass is 10.2. The lowest BCUT2D eigenvalue weighted by Gasteiger charge is -2.09. The third-order valence-corrected chi connectivity index (χ3v) is 2.53. The van der Waals surface area contributed by atoms with Gasteiger partial charge in [-0.25, -0.2) is 4.98 Å². The van der Waals surface area contributed by atoms with Crippen LogP contribution >= 0.6 is 0 Å². The summed E-state index contributed by atoms with van der Waals surface area (Å²) >= 11 is 0.